The molecule has 1 aliphatic rings. The Hall–Kier alpha value is -2.21. The molecule has 3 heterocycles. The monoisotopic (exact) mass is 300 g/mol. The Balaban J connectivity index is 1.84. The lowest BCUT2D eigenvalue weighted by atomic mass is 10.1. The van der Waals surface area contributed by atoms with Crippen LogP contribution in [-0.2, 0) is 17.9 Å². The minimum absolute atomic E-state index is 0.0463. The van der Waals surface area contributed by atoms with E-state index < -0.39 is 0 Å². The maximum Gasteiger partial charge on any atom is 0.273 e. The van der Waals surface area contributed by atoms with Crippen molar-refractivity contribution in [2.45, 2.75) is 33.0 Å². The SMILES string of the molecule is COCc1cnc2n1CCN(C(=O)c1ccc(C)cn1)C2C. The van der Waals surface area contributed by atoms with Gasteiger partial charge in [0.05, 0.1) is 24.5 Å². The number of hydrogen-bond donors (Lipinski definition) is 0. The maximum atomic E-state index is 12.7. The van der Waals surface area contributed by atoms with Gasteiger partial charge in [-0.05, 0) is 25.5 Å². The van der Waals surface area contributed by atoms with Crippen LogP contribution in [0.25, 0.3) is 0 Å². The molecule has 1 atom stereocenters. The fourth-order valence-corrected chi connectivity index (χ4v) is 2.84. The molecule has 2 aromatic rings. The zero-order valence-electron chi connectivity index (χ0n) is 13.1. The van der Waals surface area contributed by atoms with Crippen molar-refractivity contribution < 1.29 is 9.53 Å². The van der Waals surface area contributed by atoms with Gasteiger partial charge in [-0.15, -0.1) is 0 Å². The number of hydrogen-bond acceptors (Lipinski definition) is 4. The molecule has 6 nitrogen and oxygen atoms in total. The number of fused-ring (bicyclic) bond motifs is 1. The minimum atomic E-state index is -0.0741. The summed E-state index contributed by atoms with van der Waals surface area (Å²) in [4.78, 5) is 23.2. The summed E-state index contributed by atoms with van der Waals surface area (Å²) in [6, 6.07) is 3.61. The summed E-state index contributed by atoms with van der Waals surface area (Å²) in [5.41, 5.74) is 2.57. The first-order valence-corrected chi connectivity index (χ1v) is 7.38. The van der Waals surface area contributed by atoms with Crippen molar-refractivity contribution in [3.05, 3.63) is 47.3 Å². The number of imidazole rings is 1. The molecule has 0 saturated carbocycles. The van der Waals surface area contributed by atoms with Gasteiger partial charge in [-0.3, -0.25) is 9.78 Å². The van der Waals surface area contributed by atoms with Crippen LogP contribution in [0.2, 0.25) is 0 Å². The Bertz CT molecular complexity index is 678. The van der Waals surface area contributed by atoms with Gasteiger partial charge in [-0.1, -0.05) is 6.07 Å². The quantitative estimate of drug-likeness (QED) is 0.869. The highest BCUT2D eigenvalue weighted by atomic mass is 16.5. The first kappa shape index (κ1) is 14.7. The van der Waals surface area contributed by atoms with E-state index in [1.54, 1.807) is 19.4 Å². The van der Waals surface area contributed by atoms with E-state index in [1.165, 1.54) is 0 Å². The van der Waals surface area contributed by atoms with Crippen molar-refractivity contribution in [2.75, 3.05) is 13.7 Å². The number of aryl methyl sites for hydroxylation is 1. The first-order valence-electron chi connectivity index (χ1n) is 7.38. The van der Waals surface area contributed by atoms with Crippen LogP contribution in [-0.4, -0.2) is 39.0 Å². The van der Waals surface area contributed by atoms with Crippen molar-refractivity contribution in [2.24, 2.45) is 0 Å². The van der Waals surface area contributed by atoms with Gasteiger partial charge in [0, 0.05) is 26.4 Å². The third-order valence-corrected chi connectivity index (χ3v) is 4.06. The van der Waals surface area contributed by atoms with E-state index in [0.717, 1.165) is 23.6 Å². The van der Waals surface area contributed by atoms with Crippen LogP contribution >= 0.6 is 0 Å². The summed E-state index contributed by atoms with van der Waals surface area (Å²) < 4.78 is 7.33. The van der Waals surface area contributed by atoms with Crippen molar-refractivity contribution in [1.82, 2.24) is 19.4 Å². The highest BCUT2D eigenvalue weighted by Crippen LogP contribution is 2.26. The predicted octanol–water partition coefficient (Wildman–Crippen LogP) is 1.95. The number of ether oxygens (including phenoxy) is 1. The molecular weight excluding hydrogens is 280 g/mol. The molecule has 0 N–H and O–H groups in total. The van der Waals surface area contributed by atoms with Crippen LogP contribution in [0.15, 0.2) is 24.5 Å². The van der Waals surface area contributed by atoms with Gasteiger partial charge >= 0.3 is 0 Å². The Morgan fingerprint density at radius 1 is 1.32 bits per heavy atom. The maximum absolute atomic E-state index is 12.7. The van der Waals surface area contributed by atoms with Gasteiger partial charge in [0.25, 0.3) is 5.91 Å². The fraction of sp³-hybridized carbons (Fsp3) is 0.438. The van der Waals surface area contributed by atoms with Crippen LogP contribution in [0.3, 0.4) is 0 Å². The van der Waals surface area contributed by atoms with E-state index in [-0.39, 0.29) is 11.9 Å². The predicted molar refractivity (Wildman–Crippen MR) is 81.4 cm³/mol. The molecule has 0 aromatic carbocycles. The van der Waals surface area contributed by atoms with Crippen LogP contribution in [0.1, 0.15) is 40.5 Å². The molecule has 3 rings (SSSR count). The van der Waals surface area contributed by atoms with Gasteiger partial charge in [-0.2, -0.15) is 0 Å². The number of methoxy groups -OCH3 is 1. The summed E-state index contributed by atoms with van der Waals surface area (Å²) in [5.74, 6) is 0.855. The molecule has 0 spiro atoms. The lowest BCUT2D eigenvalue weighted by Gasteiger charge is -2.34. The Morgan fingerprint density at radius 3 is 2.82 bits per heavy atom. The number of nitrogens with zero attached hydrogens (tertiary/aromatic N) is 4. The van der Waals surface area contributed by atoms with E-state index >= 15 is 0 Å². The third kappa shape index (κ3) is 2.50. The standard InChI is InChI=1S/C16H20N4O2/c1-11-4-5-14(17-8-11)16(21)19-6-7-20-13(10-22-3)9-18-15(20)12(19)2/h4-5,8-9,12H,6-7,10H2,1-3H3. The summed E-state index contributed by atoms with van der Waals surface area (Å²) in [7, 11) is 1.67. The average molecular weight is 300 g/mol. The van der Waals surface area contributed by atoms with Crippen LogP contribution in [0, 0.1) is 6.92 Å². The van der Waals surface area contributed by atoms with Gasteiger partial charge < -0.3 is 14.2 Å². The topological polar surface area (TPSA) is 60.2 Å². The lowest BCUT2D eigenvalue weighted by Crippen LogP contribution is -2.41. The smallest absolute Gasteiger partial charge is 0.273 e. The molecule has 1 unspecified atom stereocenters. The number of pyridine rings is 1. The Kier molecular flexibility index (Phi) is 3.94. The van der Waals surface area contributed by atoms with Crippen molar-refractivity contribution in [3.63, 3.8) is 0 Å². The highest BCUT2D eigenvalue weighted by Gasteiger charge is 2.31. The van der Waals surface area contributed by atoms with E-state index in [9.17, 15) is 4.79 Å². The molecule has 0 bridgehead atoms. The second kappa shape index (κ2) is 5.88. The second-order valence-corrected chi connectivity index (χ2v) is 5.59. The summed E-state index contributed by atoms with van der Waals surface area (Å²) in [6.45, 7) is 5.87. The van der Waals surface area contributed by atoms with E-state index in [0.29, 0.717) is 18.8 Å². The molecule has 0 aliphatic carbocycles. The second-order valence-electron chi connectivity index (χ2n) is 5.59. The first-order chi connectivity index (χ1) is 10.6. The number of amides is 1. The van der Waals surface area contributed by atoms with Crippen molar-refractivity contribution >= 4 is 5.91 Å². The van der Waals surface area contributed by atoms with Gasteiger partial charge in [0.15, 0.2) is 0 Å². The Morgan fingerprint density at radius 2 is 2.14 bits per heavy atom. The fourth-order valence-electron chi connectivity index (χ4n) is 2.84. The molecular formula is C16H20N4O2. The zero-order chi connectivity index (χ0) is 15.7. The van der Waals surface area contributed by atoms with E-state index in [2.05, 4.69) is 14.5 Å². The van der Waals surface area contributed by atoms with Crippen LogP contribution in [0.5, 0.6) is 0 Å². The number of rotatable bonds is 3. The highest BCUT2D eigenvalue weighted by molar-refractivity contribution is 5.92. The Labute approximate surface area is 129 Å². The number of carbonyl (C=O) groups is 1. The molecule has 22 heavy (non-hydrogen) atoms. The molecule has 2 aromatic heterocycles. The average Bonchev–Trinajstić information content (AvgIpc) is 2.92. The molecule has 0 fully saturated rings. The zero-order valence-corrected chi connectivity index (χ0v) is 13.1. The normalized spacial score (nSPS) is 17.4. The summed E-state index contributed by atoms with van der Waals surface area (Å²) in [5, 5.41) is 0. The minimum Gasteiger partial charge on any atom is -0.378 e. The van der Waals surface area contributed by atoms with E-state index in [1.807, 2.05) is 31.0 Å². The third-order valence-electron chi connectivity index (χ3n) is 4.06. The summed E-state index contributed by atoms with van der Waals surface area (Å²) in [6.07, 6.45) is 3.55. The molecule has 0 saturated heterocycles. The molecule has 0 radical (unpaired) electrons. The molecule has 6 heteroatoms. The van der Waals surface area contributed by atoms with Gasteiger partial charge in [0.1, 0.15) is 11.5 Å². The molecule has 1 amide bonds. The van der Waals surface area contributed by atoms with Gasteiger partial charge in [-0.25, -0.2) is 4.98 Å². The number of carbonyl (C=O) groups excluding carboxylic acids is 1. The van der Waals surface area contributed by atoms with E-state index in [4.69, 9.17) is 4.74 Å². The number of aromatic nitrogens is 3. The van der Waals surface area contributed by atoms with Crippen molar-refractivity contribution in [3.8, 4) is 0 Å². The largest absolute Gasteiger partial charge is 0.378 e. The van der Waals surface area contributed by atoms with Crippen molar-refractivity contribution in [1.29, 1.82) is 0 Å². The lowest BCUT2D eigenvalue weighted by molar-refractivity contribution is 0.0626. The van der Waals surface area contributed by atoms with Crippen LogP contribution < -0.4 is 0 Å². The van der Waals surface area contributed by atoms with Gasteiger partial charge in [0.2, 0.25) is 0 Å². The summed E-state index contributed by atoms with van der Waals surface area (Å²) >= 11 is 0. The van der Waals surface area contributed by atoms with Crippen LogP contribution in [0.4, 0.5) is 0 Å². The molecule has 1 aliphatic heterocycles. The molecule has 116 valence electrons.